The first kappa shape index (κ1) is 39.6. The molecule has 3 fully saturated rings. The van der Waals surface area contributed by atoms with Gasteiger partial charge in [-0.1, -0.05) is 51.7 Å². The summed E-state index contributed by atoms with van der Waals surface area (Å²) in [6.45, 7) is 13.9. The van der Waals surface area contributed by atoms with Gasteiger partial charge in [0.2, 0.25) is 0 Å². The molecule has 0 spiro atoms. The molecule has 0 radical (unpaired) electrons. The number of hydrogen-bond acceptors (Lipinski definition) is 9. The van der Waals surface area contributed by atoms with Gasteiger partial charge in [0.1, 0.15) is 5.75 Å². The van der Waals surface area contributed by atoms with Crippen molar-refractivity contribution in [2.24, 2.45) is 5.41 Å². The third kappa shape index (κ3) is 10.4. The van der Waals surface area contributed by atoms with Gasteiger partial charge in [-0.25, -0.2) is 16.8 Å². The van der Waals surface area contributed by atoms with Gasteiger partial charge in [-0.3, -0.25) is 4.90 Å². The Hall–Kier alpha value is -2.22. The number of rotatable bonds is 14. The van der Waals surface area contributed by atoms with Crippen LogP contribution in [0.5, 0.6) is 5.75 Å². The summed E-state index contributed by atoms with van der Waals surface area (Å²) >= 11 is 0. The van der Waals surface area contributed by atoms with Crippen LogP contribution in [0.1, 0.15) is 82.3 Å². The number of quaternary nitrogens is 1. The predicted molar refractivity (Wildman–Crippen MR) is 195 cm³/mol. The molecular weight excluding hydrogens is 663 g/mol. The van der Waals surface area contributed by atoms with Crippen LogP contribution < -0.4 is 9.64 Å². The largest absolute Gasteiger partial charge is 0.748 e. The molecule has 2 aromatic rings. The predicted octanol–water partition coefficient (Wildman–Crippen LogP) is 4.87. The molecule has 276 valence electrons. The van der Waals surface area contributed by atoms with Gasteiger partial charge in [-0.05, 0) is 67.1 Å². The fraction of sp³-hybridized carbons (Fsp3) is 0.676. The highest BCUT2D eigenvalue weighted by Gasteiger charge is 2.49. The molecule has 2 bridgehead atoms. The van der Waals surface area contributed by atoms with E-state index in [-0.39, 0.29) is 5.75 Å². The Morgan fingerprint density at radius 1 is 0.959 bits per heavy atom. The zero-order valence-corrected chi connectivity index (χ0v) is 31.9. The lowest BCUT2D eigenvalue weighted by Gasteiger charge is -2.50. The highest BCUT2D eigenvalue weighted by molar-refractivity contribution is 7.91. The molecule has 1 N–H and O–H groups in total. The number of aliphatic hydroxyl groups is 1. The summed E-state index contributed by atoms with van der Waals surface area (Å²) in [4.78, 5) is 4.95. The Labute approximate surface area is 295 Å². The van der Waals surface area contributed by atoms with Crippen LogP contribution in [-0.2, 0) is 20.0 Å². The summed E-state index contributed by atoms with van der Waals surface area (Å²) in [7, 11) is -3.59. The molecule has 0 saturated carbocycles. The molecule has 2 aromatic carbocycles. The molecule has 3 saturated heterocycles. The summed E-state index contributed by atoms with van der Waals surface area (Å²) < 4.78 is 62.8. The van der Waals surface area contributed by atoms with E-state index in [1.807, 2.05) is 55.4 Å². The molecule has 10 nitrogen and oxygen atoms in total. The monoisotopic (exact) mass is 721 g/mol. The minimum atomic E-state index is -3.92. The van der Waals surface area contributed by atoms with E-state index in [0.29, 0.717) is 36.2 Å². The number of hydrogen-bond donors (Lipinski definition) is 1. The van der Waals surface area contributed by atoms with E-state index in [9.17, 15) is 13.5 Å². The Morgan fingerprint density at radius 3 is 2.06 bits per heavy atom. The molecule has 4 heterocycles. The number of piperazine rings is 3. The molecular formula is C37H59N3O7S2. The molecule has 12 heteroatoms. The average Bonchev–Trinajstić information content (AvgIpc) is 3.13. The van der Waals surface area contributed by atoms with E-state index in [2.05, 4.69) is 18.7 Å². The van der Waals surface area contributed by atoms with E-state index < -0.39 is 37.4 Å². The normalized spacial score (nSPS) is 25.4. The molecule has 4 aliphatic heterocycles. The van der Waals surface area contributed by atoms with Crippen LogP contribution in [0.4, 0.5) is 5.69 Å². The highest BCUT2D eigenvalue weighted by atomic mass is 32.2. The van der Waals surface area contributed by atoms with Crippen LogP contribution >= 0.6 is 0 Å². The van der Waals surface area contributed by atoms with Crippen LogP contribution in [0.3, 0.4) is 0 Å². The minimum absolute atomic E-state index is 0.00850. The standard InChI is InChI=1S/C36H56N3O4S.CH4O3S/c1-5-7-17-36(18-8-6-2)28-44(41,42)33-16-13-30(37(3)4)27-32(33)34(35(36)40)29-11-14-31(15-12-29)43-26-10-9-22-39-23-19-38(20-24-39)21-25-39;1-5(2,3)4/h11-16,27,34-35,40H,5-10,17-26,28H2,1-4H3;1H3,(H,2,3,4)/q+1;/p-1. The van der Waals surface area contributed by atoms with Gasteiger partial charge >= 0.3 is 0 Å². The van der Waals surface area contributed by atoms with E-state index in [4.69, 9.17) is 17.7 Å². The van der Waals surface area contributed by atoms with Gasteiger partial charge < -0.3 is 23.8 Å². The molecule has 2 atom stereocenters. The van der Waals surface area contributed by atoms with Crippen molar-refractivity contribution in [1.82, 2.24) is 4.90 Å². The highest BCUT2D eigenvalue weighted by Crippen LogP contribution is 2.50. The minimum Gasteiger partial charge on any atom is -0.748 e. The number of ether oxygens (including phenoxy) is 1. The zero-order chi connectivity index (χ0) is 35.9. The van der Waals surface area contributed by atoms with Crippen molar-refractivity contribution in [3.63, 3.8) is 0 Å². The van der Waals surface area contributed by atoms with Crippen molar-refractivity contribution in [2.45, 2.75) is 82.1 Å². The third-order valence-electron chi connectivity index (χ3n) is 10.9. The molecule has 4 aliphatic rings. The Bertz CT molecular complexity index is 1540. The quantitative estimate of drug-likeness (QED) is 0.165. The first-order valence-corrected chi connectivity index (χ1v) is 21.5. The molecule has 0 aliphatic carbocycles. The van der Waals surface area contributed by atoms with Gasteiger partial charge in [0.05, 0.1) is 59.7 Å². The first-order chi connectivity index (χ1) is 23.1. The number of unbranched alkanes of at least 4 members (excludes halogenated alkanes) is 3. The molecule has 49 heavy (non-hydrogen) atoms. The third-order valence-corrected chi connectivity index (χ3v) is 12.9. The van der Waals surface area contributed by atoms with Crippen molar-refractivity contribution in [3.8, 4) is 5.75 Å². The maximum absolute atomic E-state index is 14.1. The van der Waals surface area contributed by atoms with Crippen molar-refractivity contribution < 1.29 is 35.7 Å². The first-order valence-electron chi connectivity index (χ1n) is 18.1. The van der Waals surface area contributed by atoms with E-state index in [1.165, 1.54) is 56.7 Å². The van der Waals surface area contributed by atoms with Gasteiger partial charge in [0.25, 0.3) is 0 Å². The van der Waals surface area contributed by atoms with Crippen molar-refractivity contribution in [2.75, 3.05) is 83.4 Å². The Morgan fingerprint density at radius 2 is 1.53 bits per heavy atom. The zero-order valence-electron chi connectivity index (χ0n) is 30.3. The number of fused-ring (bicyclic) bond motifs is 4. The lowest BCUT2D eigenvalue weighted by atomic mass is 9.68. The summed E-state index contributed by atoms with van der Waals surface area (Å²) in [6, 6.07) is 13.7. The van der Waals surface area contributed by atoms with Gasteiger partial charge in [0, 0.05) is 57.0 Å². The second kappa shape index (κ2) is 16.9. The molecule has 0 aromatic heterocycles. The van der Waals surface area contributed by atoms with Gasteiger partial charge in [-0.2, -0.15) is 0 Å². The van der Waals surface area contributed by atoms with Crippen LogP contribution in [0.2, 0.25) is 0 Å². The van der Waals surface area contributed by atoms with E-state index >= 15 is 0 Å². The number of sulfone groups is 1. The second-order valence-electron chi connectivity index (χ2n) is 14.8. The Balaban J connectivity index is 0.00000101. The van der Waals surface area contributed by atoms with Crippen LogP contribution in [0.25, 0.3) is 0 Å². The average molecular weight is 722 g/mol. The van der Waals surface area contributed by atoms with Crippen molar-refractivity contribution in [3.05, 3.63) is 53.6 Å². The lowest BCUT2D eigenvalue weighted by molar-refractivity contribution is -0.941. The van der Waals surface area contributed by atoms with Crippen molar-refractivity contribution in [1.29, 1.82) is 0 Å². The number of anilines is 1. The lowest BCUT2D eigenvalue weighted by Crippen LogP contribution is -2.67. The smallest absolute Gasteiger partial charge is 0.179 e. The fourth-order valence-corrected chi connectivity index (χ4v) is 10.2. The molecule has 0 amide bonds. The molecule has 2 unspecified atom stereocenters. The fourth-order valence-electron chi connectivity index (χ4n) is 7.97. The SMILES string of the molecule is CCCCC1(CCCC)CS(=O)(=O)c2ccc(N(C)C)cc2C(c2ccc(OCCCC[N+]34CCN(CC3)CC4)cc2)C1O.CS(=O)(=O)[O-]. The summed E-state index contributed by atoms with van der Waals surface area (Å²) in [5, 5.41) is 12.4. The topological polar surface area (TPSA) is 127 Å². The maximum atomic E-state index is 14.1. The van der Waals surface area contributed by atoms with Crippen LogP contribution in [-0.4, -0.2) is 121 Å². The van der Waals surface area contributed by atoms with Crippen molar-refractivity contribution >= 4 is 25.6 Å². The second-order valence-corrected chi connectivity index (χ2v) is 18.1. The van der Waals surface area contributed by atoms with E-state index in [1.54, 1.807) is 6.07 Å². The Kier molecular flexibility index (Phi) is 13.6. The van der Waals surface area contributed by atoms with Gasteiger partial charge in [0.15, 0.2) is 9.84 Å². The van der Waals surface area contributed by atoms with E-state index in [0.717, 1.165) is 49.1 Å². The molecule has 6 rings (SSSR count). The maximum Gasteiger partial charge on any atom is 0.179 e. The van der Waals surface area contributed by atoms with Crippen LogP contribution in [0.15, 0.2) is 47.4 Å². The number of aliphatic hydroxyl groups excluding tert-OH is 1. The summed E-state index contributed by atoms with van der Waals surface area (Å²) in [5.74, 6) is 0.378. The summed E-state index contributed by atoms with van der Waals surface area (Å²) in [5.41, 5.74) is 1.88. The summed E-state index contributed by atoms with van der Waals surface area (Å²) in [6.07, 6.45) is 7.15. The van der Waals surface area contributed by atoms with Gasteiger partial charge in [-0.15, -0.1) is 0 Å². The number of benzene rings is 2. The number of nitrogens with zero attached hydrogens (tertiary/aromatic N) is 3. The van der Waals surface area contributed by atoms with Crippen LogP contribution in [0, 0.1) is 5.41 Å².